The molecule has 2 amide bonds. The van der Waals surface area contributed by atoms with E-state index in [1.165, 1.54) is 11.1 Å². The summed E-state index contributed by atoms with van der Waals surface area (Å²) in [6.45, 7) is 11.2. The molecule has 0 unspecified atom stereocenters. The molecule has 0 radical (unpaired) electrons. The molecule has 7 nitrogen and oxygen atoms in total. The van der Waals surface area contributed by atoms with Gasteiger partial charge in [0.25, 0.3) is 5.91 Å². The van der Waals surface area contributed by atoms with Crippen LogP contribution < -0.4 is 10.2 Å². The Labute approximate surface area is 208 Å². The molecule has 4 rings (SSSR count). The lowest BCUT2D eigenvalue weighted by Gasteiger charge is -2.35. The Hall–Kier alpha value is -3.29. The number of pyridine rings is 1. The van der Waals surface area contributed by atoms with Crippen LogP contribution in [0, 0.1) is 0 Å². The fourth-order valence-electron chi connectivity index (χ4n) is 4.46. The summed E-state index contributed by atoms with van der Waals surface area (Å²) < 4.78 is 0. The number of anilines is 3. The molecule has 35 heavy (non-hydrogen) atoms. The fraction of sp³-hybridized carbons (Fsp3) is 0.393. The van der Waals surface area contributed by atoms with E-state index in [1.54, 1.807) is 41.4 Å². The van der Waals surface area contributed by atoms with Gasteiger partial charge >= 0.3 is 0 Å². The lowest BCUT2D eigenvalue weighted by Crippen LogP contribution is -2.49. The summed E-state index contributed by atoms with van der Waals surface area (Å²) in [4.78, 5) is 37.0. The lowest BCUT2D eigenvalue weighted by molar-refractivity contribution is -0.119. The fourth-order valence-corrected chi connectivity index (χ4v) is 4.46. The molecule has 0 aliphatic carbocycles. The van der Waals surface area contributed by atoms with Crippen LogP contribution in [-0.4, -0.2) is 65.9 Å². The van der Waals surface area contributed by atoms with Crippen molar-refractivity contribution < 1.29 is 9.59 Å². The maximum Gasteiger partial charge on any atom is 0.257 e. The standard InChI is InChI=1S/C28H35N5O2/c1-21(2)8-6-9-22(3)13-15-31-16-18-32(19-17-31)20-26(34)33-25-12-5-4-10-23(25)28(35)30-24-11-7-14-29-27(24)33/h4-5,7-8,10-14H,6,9,15-20H2,1-3H3,(H,30,35)/b22-13+. The molecular formula is C28H35N5O2. The van der Waals surface area contributed by atoms with Gasteiger partial charge in [-0.1, -0.05) is 35.4 Å². The molecule has 0 spiro atoms. The number of hydrogen-bond donors (Lipinski definition) is 1. The third-order valence-electron chi connectivity index (χ3n) is 6.50. The smallest absolute Gasteiger partial charge is 0.257 e. The van der Waals surface area contributed by atoms with Gasteiger partial charge in [0.2, 0.25) is 5.91 Å². The van der Waals surface area contributed by atoms with Gasteiger partial charge in [0.1, 0.15) is 0 Å². The van der Waals surface area contributed by atoms with Crippen molar-refractivity contribution in [3.8, 4) is 0 Å². The molecule has 1 N–H and O–H groups in total. The molecular weight excluding hydrogens is 438 g/mol. The molecule has 1 aromatic heterocycles. The number of nitrogens with one attached hydrogen (secondary N) is 1. The summed E-state index contributed by atoms with van der Waals surface area (Å²) in [5.74, 6) is 0.142. The number of nitrogens with zero attached hydrogens (tertiary/aromatic N) is 4. The molecule has 2 aromatic rings. The molecule has 184 valence electrons. The molecule has 2 aliphatic heterocycles. The molecule has 1 fully saturated rings. The highest BCUT2D eigenvalue weighted by Gasteiger charge is 2.31. The van der Waals surface area contributed by atoms with Gasteiger partial charge in [0.05, 0.1) is 23.5 Å². The normalized spacial score (nSPS) is 16.7. The number of carbonyl (C=O) groups is 2. The maximum absolute atomic E-state index is 13.6. The zero-order valence-electron chi connectivity index (χ0n) is 21.0. The van der Waals surface area contributed by atoms with Crippen molar-refractivity contribution in [3.63, 3.8) is 0 Å². The monoisotopic (exact) mass is 473 g/mol. The number of piperazine rings is 1. The molecule has 1 aromatic carbocycles. The van der Waals surface area contributed by atoms with E-state index < -0.39 is 0 Å². The zero-order valence-corrected chi connectivity index (χ0v) is 21.0. The largest absolute Gasteiger partial charge is 0.319 e. The van der Waals surface area contributed by atoms with Crippen LogP contribution >= 0.6 is 0 Å². The van der Waals surface area contributed by atoms with Crippen LogP contribution in [0.25, 0.3) is 0 Å². The Kier molecular flexibility index (Phi) is 8.10. The van der Waals surface area contributed by atoms with Crippen LogP contribution in [0.4, 0.5) is 17.2 Å². The summed E-state index contributed by atoms with van der Waals surface area (Å²) >= 11 is 0. The first-order valence-electron chi connectivity index (χ1n) is 12.3. The Bertz CT molecular complexity index is 1130. The minimum atomic E-state index is -0.233. The van der Waals surface area contributed by atoms with E-state index in [0.29, 0.717) is 22.8 Å². The predicted molar refractivity (Wildman–Crippen MR) is 141 cm³/mol. The Morgan fingerprint density at radius 1 is 1.00 bits per heavy atom. The van der Waals surface area contributed by atoms with E-state index in [4.69, 9.17) is 0 Å². The van der Waals surface area contributed by atoms with Crippen LogP contribution in [0.1, 0.15) is 44.0 Å². The molecule has 7 heteroatoms. The Morgan fingerprint density at radius 3 is 2.51 bits per heavy atom. The van der Waals surface area contributed by atoms with Gasteiger partial charge in [0.15, 0.2) is 5.82 Å². The van der Waals surface area contributed by atoms with Gasteiger partial charge in [-0.25, -0.2) is 4.98 Å². The summed E-state index contributed by atoms with van der Waals surface area (Å²) in [5, 5.41) is 2.89. The number of amides is 2. The van der Waals surface area contributed by atoms with Gasteiger partial charge < -0.3 is 5.32 Å². The van der Waals surface area contributed by atoms with E-state index in [9.17, 15) is 9.59 Å². The van der Waals surface area contributed by atoms with Gasteiger partial charge in [0, 0.05) is 38.9 Å². The molecule has 1 saturated heterocycles. The number of fused-ring (bicyclic) bond motifs is 2. The molecule has 0 saturated carbocycles. The van der Waals surface area contributed by atoms with Gasteiger partial charge in [-0.2, -0.15) is 0 Å². The lowest BCUT2D eigenvalue weighted by atomic mass is 10.1. The van der Waals surface area contributed by atoms with Crippen LogP contribution in [0.5, 0.6) is 0 Å². The number of rotatable bonds is 7. The summed E-state index contributed by atoms with van der Waals surface area (Å²) in [5.41, 5.74) is 4.37. The first kappa shape index (κ1) is 24.8. The average molecular weight is 474 g/mol. The van der Waals surface area contributed by atoms with Crippen LogP contribution in [0.15, 0.2) is 65.9 Å². The van der Waals surface area contributed by atoms with Crippen molar-refractivity contribution in [1.82, 2.24) is 14.8 Å². The van der Waals surface area contributed by atoms with E-state index in [2.05, 4.69) is 53.0 Å². The molecule has 0 bridgehead atoms. The number of carbonyl (C=O) groups excluding carboxylic acids is 2. The van der Waals surface area contributed by atoms with Crippen molar-refractivity contribution >= 4 is 29.0 Å². The minimum Gasteiger partial charge on any atom is -0.319 e. The van der Waals surface area contributed by atoms with Gasteiger partial charge in [-0.15, -0.1) is 0 Å². The van der Waals surface area contributed by atoms with Crippen LogP contribution in [0.2, 0.25) is 0 Å². The summed E-state index contributed by atoms with van der Waals surface area (Å²) in [6.07, 6.45) is 8.46. The number of hydrogen-bond acceptors (Lipinski definition) is 5. The van der Waals surface area contributed by atoms with Crippen molar-refractivity contribution in [1.29, 1.82) is 0 Å². The highest BCUT2D eigenvalue weighted by Crippen LogP contribution is 2.36. The van der Waals surface area contributed by atoms with Crippen LogP contribution in [0.3, 0.4) is 0 Å². The average Bonchev–Trinajstić information content (AvgIpc) is 2.97. The second kappa shape index (κ2) is 11.4. The second-order valence-electron chi connectivity index (χ2n) is 9.52. The number of aromatic nitrogens is 1. The number of para-hydroxylation sites is 1. The first-order chi connectivity index (χ1) is 16.9. The van der Waals surface area contributed by atoms with Crippen molar-refractivity contribution in [2.45, 2.75) is 33.6 Å². The predicted octanol–water partition coefficient (Wildman–Crippen LogP) is 4.62. The first-order valence-corrected chi connectivity index (χ1v) is 12.3. The number of benzene rings is 1. The SMILES string of the molecule is CC(C)=CCC/C(C)=C/CN1CCN(CC(=O)N2c3ccccc3C(=O)Nc3cccnc32)CC1. The highest BCUT2D eigenvalue weighted by atomic mass is 16.2. The number of allylic oxidation sites excluding steroid dienone is 3. The Morgan fingerprint density at radius 2 is 1.74 bits per heavy atom. The van der Waals surface area contributed by atoms with Gasteiger partial charge in [-0.3, -0.25) is 24.3 Å². The molecule has 3 heterocycles. The second-order valence-corrected chi connectivity index (χ2v) is 9.52. The minimum absolute atomic E-state index is 0.0858. The topological polar surface area (TPSA) is 68.8 Å². The van der Waals surface area contributed by atoms with Crippen molar-refractivity contribution in [2.75, 3.05) is 49.5 Å². The molecule has 0 atom stereocenters. The highest BCUT2D eigenvalue weighted by molar-refractivity contribution is 6.17. The third-order valence-corrected chi connectivity index (χ3v) is 6.50. The van der Waals surface area contributed by atoms with Crippen LogP contribution in [-0.2, 0) is 4.79 Å². The molecule has 2 aliphatic rings. The van der Waals surface area contributed by atoms with Gasteiger partial charge in [-0.05, 0) is 57.9 Å². The van der Waals surface area contributed by atoms with E-state index in [-0.39, 0.29) is 18.4 Å². The maximum atomic E-state index is 13.6. The third kappa shape index (κ3) is 6.24. The van der Waals surface area contributed by atoms with E-state index >= 15 is 0 Å². The van der Waals surface area contributed by atoms with Crippen molar-refractivity contribution in [3.05, 3.63) is 71.5 Å². The quantitative estimate of drug-likeness (QED) is 0.594. The summed E-state index contributed by atoms with van der Waals surface area (Å²) in [6, 6.07) is 10.7. The zero-order chi connectivity index (χ0) is 24.8. The van der Waals surface area contributed by atoms with Crippen molar-refractivity contribution in [2.24, 2.45) is 0 Å². The van der Waals surface area contributed by atoms with E-state index in [0.717, 1.165) is 45.6 Å². The van der Waals surface area contributed by atoms with E-state index in [1.807, 2.05) is 6.07 Å². The Balaban J connectivity index is 1.38. The summed E-state index contributed by atoms with van der Waals surface area (Å²) in [7, 11) is 0.